The zero-order valence-electron chi connectivity index (χ0n) is 19.8. The molecule has 0 aliphatic heterocycles. The van der Waals surface area contributed by atoms with Crippen molar-refractivity contribution in [3.05, 3.63) is 124 Å². The van der Waals surface area contributed by atoms with Gasteiger partial charge in [0.05, 0.1) is 11.8 Å². The zero-order valence-corrected chi connectivity index (χ0v) is 21.4. The lowest BCUT2D eigenvalue weighted by atomic mass is 10.1. The number of halogens is 1. The first-order chi connectivity index (χ1) is 18.0. The van der Waals surface area contributed by atoms with Gasteiger partial charge in [0.2, 0.25) is 0 Å². The Balaban J connectivity index is 1.49. The van der Waals surface area contributed by atoms with Gasteiger partial charge in [-0.1, -0.05) is 70.5 Å². The van der Waals surface area contributed by atoms with Crippen LogP contribution in [0.25, 0.3) is 0 Å². The summed E-state index contributed by atoms with van der Waals surface area (Å²) in [4.78, 5) is 25.6. The van der Waals surface area contributed by atoms with E-state index in [-0.39, 0.29) is 5.75 Å². The Morgan fingerprint density at radius 2 is 1.43 bits per heavy atom. The van der Waals surface area contributed by atoms with Crippen LogP contribution in [0.3, 0.4) is 0 Å². The van der Waals surface area contributed by atoms with Crippen molar-refractivity contribution in [2.75, 3.05) is 0 Å². The van der Waals surface area contributed by atoms with Gasteiger partial charge in [-0.3, -0.25) is 4.79 Å². The Kier molecular flexibility index (Phi) is 8.67. The summed E-state index contributed by atoms with van der Waals surface area (Å²) in [5, 5.41) is 4.05. The minimum atomic E-state index is -1.30. The zero-order chi connectivity index (χ0) is 26.0. The number of hydrogen-bond donors (Lipinski definition) is 1. The van der Waals surface area contributed by atoms with Gasteiger partial charge in [-0.15, -0.1) is 0 Å². The molecule has 1 N–H and O–H groups in total. The number of amides is 1. The SMILES string of the molecule is Cc1ccccc1C(=O)Oc1ccc(Br)cc1C=NNC(=O)C(Oc1ccccc1)Oc1ccccc1. The van der Waals surface area contributed by atoms with Crippen LogP contribution in [0.2, 0.25) is 0 Å². The predicted molar refractivity (Wildman–Crippen MR) is 144 cm³/mol. The topological polar surface area (TPSA) is 86.2 Å². The van der Waals surface area contributed by atoms with Gasteiger partial charge in [0, 0.05) is 10.0 Å². The number of ether oxygens (including phenoxy) is 3. The van der Waals surface area contributed by atoms with Crippen LogP contribution in [-0.4, -0.2) is 24.4 Å². The van der Waals surface area contributed by atoms with Crippen molar-refractivity contribution >= 4 is 34.0 Å². The molecule has 0 bridgehead atoms. The molecule has 0 aliphatic carbocycles. The molecule has 4 rings (SSSR count). The summed E-state index contributed by atoms with van der Waals surface area (Å²) in [7, 11) is 0. The number of aryl methyl sites for hydroxylation is 1. The Bertz CT molecular complexity index is 1350. The average Bonchev–Trinajstić information content (AvgIpc) is 2.91. The summed E-state index contributed by atoms with van der Waals surface area (Å²) in [6.45, 7) is 1.83. The number of nitrogens with one attached hydrogen (secondary N) is 1. The molecule has 0 heterocycles. The monoisotopic (exact) mass is 558 g/mol. The lowest BCUT2D eigenvalue weighted by Gasteiger charge is -2.18. The first kappa shape index (κ1) is 25.7. The maximum Gasteiger partial charge on any atom is 0.343 e. The second-order valence-corrected chi connectivity index (χ2v) is 8.73. The third-order valence-electron chi connectivity index (χ3n) is 5.10. The van der Waals surface area contributed by atoms with E-state index < -0.39 is 18.2 Å². The number of para-hydroxylation sites is 2. The fraction of sp³-hybridized carbons (Fsp3) is 0.0690. The van der Waals surface area contributed by atoms with E-state index in [1.54, 1.807) is 78.9 Å². The standard InChI is InChI=1S/C29H23BrN2O5/c1-20-10-8-9-15-25(20)28(34)37-26-17-16-22(30)18-21(26)19-31-32-27(33)29(35-23-11-4-2-5-12-23)36-24-13-6-3-7-14-24/h2-19,29H,1H3,(H,32,33). The summed E-state index contributed by atoms with van der Waals surface area (Å²) in [5.41, 5.74) is 4.17. The number of carbonyl (C=O) groups excluding carboxylic acids is 2. The summed E-state index contributed by atoms with van der Waals surface area (Å²) >= 11 is 3.41. The number of benzene rings is 4. The van der Waals surface area contributed by atoms with Gasteiger partial charge in [0.15, 0.2) is 0 Å². The first-order valence-electron chi connectivity index (χ1n) is 11.3. The molecule has 186 valence electrons. The molecule has 0 spiro atoms. The lowest BCUT2D eigenvalue weighted by Crippen LogP contribution is -2.40. The van der Waals surface area contributed by atoms with Crippen molar-refractivity contribution < 1.29 is 23.8 Å². The number of hydrogen-bond acceptors (Lipinski definition) is 6. The quantitative estimate of drug-likeness (QED) is 0.0906. The molecule has 0 saturated carbocycles. The van der Waals surface area contributed by atoms with E-state index in [0.717, 1.165) is 10.0 Å². The van der Waals surface area contributed by atoms with Crippen LogP contribution in [0.15, 0.2) is 113 Å². The highest BCUT2D eigenvalue weighted by Crippen LogP contribution is 2.23. The van der Waals surface area contributed by atoms with Crippen molar-refractivity contribution in [2.24, 2.45) is 5.10 Å². The molecule has 1 amide bonds. The fourth-order valence-electron chi connectivity index (χ4n) is 3.26. The number of nitrogens with zero attached hydrogens (tertiary/aromatic N) is 1. The highest BCUT2D eigenvalue weighted by Gasteiger charge is 2.22. The molecule has 4 aromatic carbocycles. The average molecular weight is 559 g/mol. The van der Waals surface area contributed by atoms with Gasteiger partial charge >= 0.3 is 18.2 Å². The minimum Gasteiger partial charge on any atom is -0.446 e. The number of rotatable bonds is 9. The second kappa shape index (κ2) is 12.5. The van der Waals surface area contributed by atoms with Crippen molar-refractivity contribution in [2.45, 2.75) is 13.2 Å². The van der Waals surface area contributed by atoms with Crippen LogP contribution in [0.4, 0.5) is 0 Å². The van der Waals surface area contributed by atoms with E-state index in [0.29, 0.717) is 22.6 Å². The summed E-state index contributed by atoms with van der Waals surface area (Å²) in [6, 6.07) is 30.0. The van der Waals surface area contributed by atoms with Gasteiger partial charge < -0.3 is 14.2 Å². The third kappa shape index (κ3) is 7.28. The smallest absolute Gasteiger partial charge is 0.343 e. The molecule has 7 nitrogen and oxygen atoms in total. The van der Waals surface area contributed by atoms with Crippen LogP contribution in [0.5, 0.6) is 17.2 Å². The molecule has 0 atom stereocenters. The highest BCUT2D eigenvalue weighted by atomic mass is 79.9. The summed E-state index contributed by atoms with van der Waals surface area (Å²) in [6.07, 6.45) is 0.0772. The van der Waals surface area contributed by atoms with Gasteiger partial charge in [-0.25, -0.2) is 10.2 Å². The molecule has 0 fully saturated rings. The van der Waals surface area contributed by atoms with Crippen LogP contribution >= 0.6 is 15.9 Å². The molecule has 4 aromatic rings. The van der Waals surface area contributed by atoms with Crippen molar-refractivity contribution in [3.63, 3.8) is 0 Å². The molecule has 37 heavy (non-hydrogen) atoms. The largest absolute Gasteiger partial charge is 0.446 e. The lowest BCUT2D eigenvalue weighted by molar-refractivity contribution is -0.140. The van der Waals surface area contributed by atoms with Crippen LogP contribution in [-0.2, 0) is 4.79 Å². The Hall–Kier alpha value is -4.43. The van der Waals surface area contributed by atoms with E-state index in [2.05, 4.69) is 26.5 Å². The maximum atomic E-state index is 12.9. The number of hydrazone groups is 1. The maximum absolute atomic E-state index is 12.9. The van der Waals surface area contributed by atoms with E-state index in [4.69, 9.17) is 14.2 Å². The Morgan fingerprint density at radius 1 is 0.838 bits per heavy atom. The Morgan fingerprint density at radius 3 is 2.05 bits per heavy atom. The van der Waals surface area contributed by atoms with Gasteiger partial charge in [0.1, 0.15) is 17.2 Å². The molecular formula is C29H23BrN2O5. The van der Waals surface area contributed by atoms with Crippen LogP contribution in [0, 0.1) is 6.92 Å². The van der Waals surface area contributed by atoms with Gasteiger partial charge in [-0.05, 0) is 61.0 Å². The van der Waals surface area contributed by atoms with E-state index >= 15 is 0 Å². The van der Waals surface area contributed by atoms with E-state index in [9.17, 15) is 9.59 Å². The molecule has 8 heteroatoms. The van der Waals surface area contributed by atoms with Gasteiger partial charge in [0.25, 0.3) is 0 Å². The predicted octanol–water partition coefficient (Wildman–Crippen LogP) is 5.91. The molecule has 0 aliphatic rings. The molecule has 0 saturated heterocycles. The first-order valence-corrected chi connectivity index (χ1v) is 12.1. The normalized spacial score (nSPS) is 10.8. The summed E-state index contributed by atoms with van der Waals surface area (Å²) in [5.74, 6) is 0.0797. The van der Waals surface area contributed by atoms with Crippen molar-refractivity contribution in [3.8, 4) is 17.2 Å². The molecule has 0 radical (unpaired) electrons. The Labute approximate surface area is 222 Å². The van der Waals surface area contributed by atoms with Crippen LogP contribution in [0.1, 0.15) is 21.5 Å². The third-order valence-corrected chi connectivity index (χ3v) is 5.60. The number of carbonyl (C=O) groups is 2. The minimum absolute atomic E-state index is 0.284. The van der Waals surface area contributed by atoms with Crippen molar-refractivity contribution in [1.29, 1.82) is 0 Å². The van der Waals surface area contributed by atoms with E-state index in [1.165, 1.54) is 6.21 Å². The van der Waals surface area contributed by atoms with Gasteiger partial charge in [-0.2, -0.15) is 5.10 Å². The summed E-state index contributed by atoms with van der Waals surface area (Å²) < 4.78 is 17.9. The highest BCUT2D eigenvalue weighted by molar-refractivity contribution is 9.10. The van der Waals surface area contributed by atoms with E-state index in [1.807, 2.05) is 31.2 Å². The number of esters is 1. The van der Waals surface area contributed by atoms with Crippen LogP contribution < -0.4 is 19.6 Å². The second-order valence-electron chi connectivity index (χ2n) is 7.81. The van der Waals surface area contributed by atoms with Crippen molar-refractivity contribution in [1.82, 2.24) is 5.43 Å². The molecule has 0 aromatic heterocycles. The molecule has 0 unspecified atom stereocenters. The fourth-order valence-corrected chi connectivity index (χ4v) is 3.64. The molecular weight excluding hydrogens is 536 g/mol.